The van der Waals surface area contributed by atoms with Gasteiger partial charge < -0.3 is 9.84 Å². The molecule has 0 atom stereocenters. The fourth-order valence-electron chi connectivity index (χ4n) is 2.08. The molecule has 22 heavy (non-hydrogen) atoms. The summed E-state index contributed by atoms with van der Waals surface area (Å²) < 4.78 is 6.48. The number of hydrogen-bond acceptors (Lipinski definition) is 6. The van der Waals surface area contributed by atoms with E-state index in [0.717, 1.165) is 11.4 Å². The van der Waals surface area contributed by atoms with Gasteiger partial charge in [-0.15, -0.1) is 0 Å². The number of ether oxygens (including phenoxy) is 1. The molecule has 2 aromatic heterocycles. The molecule has 0 saturated heterocycles. The molecule has 1 N–H and O–H groups in total. The predicted molar refractivity (Wildman–Crippen MR) is 79.1 cm³/mol. The summed E-state index contributed by atoms with van der Waals surface area (Å²) in [7, 11) is 1.43. The predicted octanol–water partition coefficient (Wildman–Crippen LogP) is 1.50. The Morgan fingerprint density at radius 1 is 1.23 bits per heavy atom. The van der Waals surface area contributed by atoms with Gasteiger partial charge in [0.2, 0.25) is 11.7 Å². The van der Waals surface area contributed by atoms with Gasteiger partial charge in [0.05, 0.1) is 18.5 Å². The van der Waals surface area contributed by atoms with Crippen LogP contribution in [-0.4, -0.2) is 37.6 Å². The highest BCUT2D eigenvalue weighted by atomic mass is 16.5. The van der Waals surface area contributed by atoms with Crippen molar-refractivity contribution in [2.24, 2.45) is 0 Å². The van der Waals surface area contributed by atoms with E-state index in [2.05, 4.69) is 15.1 Å². The number of aryl methyl sites for hydroxylation is 2. The van der Waals surface area contributed by atoms with Crippen molar-refractivity contribution < 1.29 is 14.6 Å². The lowest BCUT2D eigenvalue weighted by molar-refractivity contribution is -0.114. The third-order valence-electron chi connectivity index (χ3n) is 3.39. The largest absolute Gasteiger partial charge is 0.493 e. The molecule has 0 fully saturated rings. The summed E-state index contributed by atoms with van der Waals surface area (Å²) in [5.41, 5.74) is 2.58. The Hall–Kier alpha value is -2.96. The van der Waals surface area contributed by atoms with Crippen LogP contribution in [0.3, 0.4) is 0 Å². The Morgan fingerprint density at radius 3 is 2.73 bits per heavy atom. The van der Waals surface area contributed by atoms with Gasteiger partial charge in [0, 0.05) is 0 Å². The maximum Gasteiger partial charge on any atom is 0.254 e. The van der Waals surface area contributed by atoms with Crippen molar-refractivity contribution in [3.8, 4) is 5.88 Å². The highest BCUT2D eigenvalue weighted by Crippen LogP contribution is 2.23. The number of aromatic hydroxyl groups is 1. The van der Waals surface area contributed by atoms with Crippen molar-refractivity contribution >= 4 is 17.6 Å². The molecule has 3 rings (SSSR count). The SMILES string of the molecule is COC1=C/C(=C\c2c(O)nc3nc(C)c(C)nn23)C=CC1=O. The van der Waals surface area contributed by atoms with Crippen LogP contribution in [0.15, 0.2) is 29.6 Å². The van der Waals surface area contributed by atoms with Crippen molar-refractivity contribution in [3.63, 3.8) is 0 Å². The van der Waals surface area contributed by atoms with Gasteiger partial charge in [0.25, 0.3) is 5.78 Å². The second-order valence-corrected chi connectivity index (χ2v) is 4.87. The molecule has 7 heteroatoms. The fourth-order valence-corrected chi connectivity index (χ4v) is 2.08. The van der Waals surface area contributed by atoms with Gasteiger partial charge in [-0.2, -0.15) is 14.6 Å². The number of methoxy groups -OCH3 is 1. The highest BCUT2D eigenvalue weighted by Gasteiger charge is 2.16. The number of carbonyl (C=O) groups excluding carboxylic acids is 1. The fraction of sp³-hybridized carbons (Fsp3) is 0.200. The molecule has 1 aliphatic carbocycles. The molecular formula is C15H14N4O3. The molecule has 2 aromatic rings. The second kappa shape index (κ2) is 5.10. The van der Waals surface area contributed by atoms with Crippen molar-refractivity contribution in [1.82, 2.24) is 19.6 Å². The van der Waals surface area contributed by atoms with Crippen LogP contribution in [0.4, 0.5) is 0 Å². The molecule has 7 nitrogen and oxygen atoms in total. The average molecular weight is 298 g/mol. The molecule has 1 aliphatic rings. The molecule has 0 aromatic carbocycles. The van der Waals surface area contributed by atoms with Crippen LogP contribution < -0.4 is 0 Å². The summed E-state index contributed by atoms with van der Waals surface area (Å²) in [6, 6.07) is 0. The summed E-state index contributed by atoms with van der Waals surface area (Å²) in [5, 5.41) is 14.4. The van der Waals surface area contributed by atoms with Crippen LogP contribution in [0, 0.1) is 13.8 Å². The summed E-state index contributed by atoms with van der Waals surface area (Å²) in [5.74, 6) is 0.183. The lowest BCUT2D eigenvalue weighted by Crippen LogP contribution is -2.05. The van der Waals surface area contributed by atoms with Crippen molar-refractivity contribution in [2.45, 2.75) is 13.8 Å². The number of aromatic nitrogens is 4. The Morgan fingerprint density at radius 2 is 2.00 bits per heavy atom. The molecule has 2 heterocycles. The zero-order valence-electron chi connectivity index (χ0n) is 12.4. The maximum atomic E-state index is 11.5. The summed E-state index contributed by atoms with van der Waals surface area (Å²) in [6.07, 6.45) is 6.31. The van der Waals surface area contributed by atoms with Crippen LogP contribution in [0.5, 0.6) is 5.88 Å². The number of allylic oxidation sites excluding steroid dienone is 4. The van der Waals surface area contributed by atoms with E-state index in [0.29, 0.717) is 17.0 Å². The zero-order valence-corrected chi connectivity index (χ0v) is 12.4. The summed E-state index contributed by atoms with van der Waals surface area (Å²) in [6.45, 7) is 3.66. The Bertz CT molecular complexity index is 875. The van der Waals surface area contributed by atoms with Gasteiger partial charge in [-0.3, -0.25) is 4.79 Å². The lowest BCUT2D eigenvalue weighted by atomic mass is 10.1. The van der Waals surface area contributed by atoms with Crippen LogP contribution in [-0.2, 0) is 9.53 Å². The Balaban J connectivity index is 2.15. The monoisotopic (exact) mass is 298 g/mol. The van der Waals surface area contributed by atoms with Crippen molar-refractivity contribution in [1.29, 1.82) is 0 Å². The third kappa shape index (κ3) is 2.26. The number of imidazole rings is 1. The van der Waals surface area contributed by atoms with E-state index >= 15 is 0 Å². The van der Waals surface area contributed by atoms with Gasteiger partial charge in [0.1, 0.15) is 5.69 Å². The van der Waals surface area contributed by atoms with Gasteiger partial charge in [-0.05, 0) is 37.6 Å². The van der Waals surface area contributed by atoms with Crippen LogP contribution in [0.25, 0.3) is 11.9 Å². The van der Waals surface area contributed by atoms with E-state index in [1.54, 1.807) is 18.2 Å². The zero-order chi connectivity index (χ0) is 15.9. The Kier molecular flexibility index (Phi) is 3.25. The maximum absolute atomic E-state index is 11.5. The third-order valence-corrected chi connectivity index (χ3v) is 3.39. The van der Waals surface area contributed by atoms with Crippen molar-refractivity contribution in [3.05, 3.63) is 46.6 Å². The lowest BCUT2D eigenvalue weighted by Gasteiger charge is -2.07. The topological polar surface area (TPSA) is 89.6 Å². The highest BCUT2D eigenvalue weighted by molar-refractivity contribution is 6.05. The molecular weight excluding hydrogens is 284 g/mol. The number of carbonyl (C=O) groups is 1. The summed E-state index contributed by atoms with van der Waals surface area (Å²) in [4.78, 5) is 19.8. The second-order valence-electron chi connectivity index (χ2n) is 4.87. The van der Waals surface area contributed by atoms with Crippen LogP contribution in [0.2, 0.25) is 0 Å². The van der Waals surface area contributed by atoms with Crippen LogP contribution in [0.1, 0.15) is 17.1 Å². The molecule has 0 radical (unpaired) electrons. The minimum Gasteiger partial charge on any atom is -0.493 e. The number of fused-ring (bicyclic) bond motifs is 1. The minimum absolute atomic E-state index is 0.171. The number of ketones is 1. The first-order chi connectivity index (χ1) is 10.5. The standard InChI is InChI=1S/C15H14N4O3/c1-8-9(2)18-19-11(14(21)17-15(19)16-8)6-10-4-5-12(20)13(7-10)22-3/h4-7,21H,1-3H3/b10-6-. The smallest absolute Gasteiger partial charge is 0.254 e. The van der Waals surface area contributed by atoms with E-state index in [1.165, 1.54) is 17.7 Å². The van der Waals surface area contributed by atoms with Gasteiger partial charge in [0.15, 0.2) is 5.76 Å². The molecule has 0 saturated carbocycles. The van der Waals surface area contributed by atoms with Crippen molar-refractivity contribution in [2.75, 3.05) is 7.11 Å². The molecule has 0 spiro atoms. The molecule has 112 valence electrons. The van der Waals surface area contributed by atoms with E-state index in [1.807, 2.05) is 13.8 Å². The number of rotatable bonds is 2. The number of nitrogens with zero attached hydrogens (tertiary/aromatic N) is 4. The van der Waals surface area contributed by atoms with E-state index in [4.69, 9.17) is 4.74 Å². The number of hydrogen-bond donors (Lipinski definition) is 1. The first kappa shape index (κ1) is 14.0. The van der Waals surface area contributed by atoms with Gasteiger partial charge in [-0.1, -0.05) is 6.08 Å². The van der Waals surface area contributed by atoms with E-state index < -0.39 is 0 Å². The van der Waals surface area contributed by atoms with Gasteiger partial charge in [-0.25, -0.2) is 4.98 Å². The van der Waals surface area contributed by atoms with E-state index in [9.17, 15) is 9.90 Å². The molecule has 0 unspecified atom stereocenters. The average Bonchev–Trinajstić information content (AvgIpc) is 2.77. The first-order valence-electron chi connectivity index (χ1n) is 6.62. The normalized spacial score (nSPS) is 16.4. The van der Waals surface area contributed by atoms with Gasteiger partial charge >= 0.3 is 0 Å². The Labute approximate surface area is 126 Å². The summed E-state index contributed by atoms with van der Waals surface area (Å²) >= 11 is 0. The van der Waals surface area contributed by atoms with Crippen LogP contribution >= 0.6 is 0 Å². The first-order valence-corrected chi connectivity index (χ1v) is 6.62. The quantitative estimate of drug-likeness (QED) is 0.903. The molecule has 0 bridgehead atoms. The minimum atomic E-state index is -0.201. The molecule has 0 amide bonds. The van der Waals surface area contributed by atoms with E-state index in [-0.39, 0.29) is 17.4 Å². The molecule has 0 aliphatic heterocycles.